The second kappa shape index (κ2) is 9.62. The largest absolute Gasteiger partial charge is 0.444 e. The van der Waals surface area contributed by atoms with Gasteiger partial charge in [0.1, 0.15) is 11.2 Å². The summed E-state index contributed by atoms with van der Waals surface area (Å²) in [5, 5.41) is 2.99. The highest BCUT2D eigenvalue weighted by Crippen LogP contribution is 2.47. The molecule has 0 spiro atoms. The van der Waals surface area contributed by atoms with Crippen molar-refractivity contribution in [2.24, 2.45) is 0 Å². The summed E-state index contributed by atoms with van der Waals surface area (Å²) in [6.07, 6.45) is 3.66. The smallest absolute Gasteiger partial charge is 0.410 e. The van der Waals surface area contributed by atoms with Crippen LogP contribution in [0.3, 0.4) is 0 Å². The lowest BCUT2D eigenvalue weighted by molar-refractivity contribution is 0.00744. The Morgan fingerprint density at radius 1 is 0.938 bits per heavy atom. The number of ether oxygens (including phenoxy) is 2. The van der Waals surface area contributed by atoms with Gasteiger partial charge in [0.25, 0.3) is 0 Å². The van der Waals surface area contributed by atoms with Crippen molar-refractivity contribution in [3.8, 4) is 0 Å². The molecule has 0 heterocycles. The van der Waals surface area contributed by atoms with Gasteiger partial charge in [0.15, 0.2) is 0 Å². The third kappa shape index (κ3) is 7.12. The summed E-state index contributed by atoms with van der Waals surface area (Å²) in [7, 11) is 0. The van der Waals surface area contributed by atoms with Crippen molar-refractivity contribution >= 4 is 28.1 Å². The summed E-state index contributed by atoms with van der Waals surface area (Å²) in [6.45, 7) is 11.3. The molecule has 0 bridgehead atoms. The van der Waals surface area contributed by atoms with E-state index in [4.69, 9.17) is 9.47 Å². The fraction of sp³-hybridized carbons (Fsp3) is 0.680. The van der Waals surface area contributed by atoms with Gasteiger partial charge in [-0.05, 0) is 91.3 Å². The SMILES string of the molecule is CC(C)(C)OC(=O)NC1CCC(N(C(=O)OC(C)(C)C)C2CC2c2ccc(Br)cc2)CC1. The van der Waals surface area contributed by atoms with Crippen LogP contribution in [0.2, 0.25) is 0 Å². The van der Waals surface area contributed by atoms with Gasteiger partial charge in [0.2, 0.25) is 0 Å². The standard InChI is InChI=1S/C25H37BrN2O4/c1-24(2,3)31-22(29)27-18-11-13-19(14-12-18)28(23(30)32-25(4,5)6)21-15-20(21)16-7-9-17(26)10-8-16/h7-10,18-21H,11-15H2,1-6H3,(H,27,29). The van der Waals surface area contributed by atoms with Gasteiger partial charge in [-0.1, -0.05) is 28.1 Å². The molecule has 0 radical (unpaired) electrons. The number of hydrogen-bond donors (Lipinski definition) is 1. The maximum absolute atomic E-state index is 13.2. The Kier molecular flexibility index (Phi) is 7.48. The average molecular weight is 509 g/mol. The molecule has 2 atom stereocenters. The fourth-order valence-electron chi connectivity index (χ4n) is 4.40. The molecule has 2 aliphatic rings. The molecular formula is C25H37BrN2O4. The molecule has 0 saturated heterocycles. The molecule has 6 nitrogen and oxygen atoms in total. The molecule has 2 unspecified atom stereocenters. The van der Waals surface area contributed by atoms with E-state index in [0.717, 1.165) is 36.6 Å². The molecule has 1 N–H and O–H groups in total. The number of hydrogen-bond acceptors (Lipinski definition) is 4. The summed E-state index contributed by atoms with van der Waals surface area (Å²) in [4.78, 5) is 27.3. The van der Waals surface area contributed by atoms with Gasteiger partial charge >= 0.3 is 12.2 Å². The van der Waals surface area contributed by atoms with E-state index >= 15 is 0 Å². The Balaban J connectivity index is 1.64. The van der Waals surface area contributed by atoms with Crippen molar-refractivity contribution in [3.63, 3.8) is 0 Å². The van der Waals surface area contributed by atoms with Crippen LogP contribution in [-0.2, 0) is 9.47 Å². The summed E-state index contributed by atoms with van der Waals surface area (Å²) in [5.41, 5.74) is 0.210. The Morgan fingerprint density at radius 2 is 1.50 bits per heavy atom. The first-order valence-corrected chi connectivity index (χ1v) is 12.4. The first-order valence-electron chi connectivity index (χ1n) is 11.6. The molecule has 32 heavy (non-hydrogen) atoms. The monoisotopic (exact) mass is 508 g/mol. The van der Waals surface area contributed by atoms with Crippen LogP contribution >= 0.6 is 15.9 Å². The van der Waals surface area contributed by atoms with Gasteiger partial charge in [-0.15, -0.1) is 0 Å². The number of benzene rings is 1. The minimum Gasteiger partial charge on any atom is -0.444 e. The molecular weight excluding hydrogens is 472 g/mol. The highest BCUT2D eigenvalue weighted by atomic mass is 79.9. The van der Waals surface area contributed by atoms with Crippen molar-refractivity contribution < 1.29 is 19.1 Å². The highest BCUT2D eigenvalue weighted by Gasteiger charge is 2.49. The van der Waals surface area contributed by atoms with E-state index in [1.165, 1.54) is 5.56 Å². The molecule has 1 aromatic carbocycles. The Morgan fingerprint density at radius 3 is 2.03 bits per heavy atom. The van der Waals surface area contributed by atoms with E-state index < -0.39 is 11.2 Å². The van der Waals surface area contributed by atoms with E-state index in [1.807, 2.05) is 46.4 Å². The number of alkyl carbamates (subject to hydrolysis) is 1. The number of halogens is 1. The summed E-state index contributed by atoms with van der Waals surface area (Å²) in [6, 6.07) is 8.71. The summed E-state index contributed by atoms with van der Waals surface area (Å²) >= 11 is 3.49. The molecule has 2 fully saturated rings. The topological polar surface area (TPSA) is 67.9 Å². The minimum atomic E-state index is -0.535. The zero-order chi connectivity index (χ0) is 23.7. The van der Waals surface area contributed by atoms with Crippen LogP contribution in [0.15, 0.2) is 28.7 Å². The van der Waals surface area contributed by atoms with Crippen LogP contribution in [0.5, 0.6) is 0 Å². The number of carbonyl (C=O) groups is 2. The Hall–Kier alpha value is -1.76. The normalized spacial score (nSPS) is 25.6. The van der Waals surface area contributed by atoms with Crippen molar-refractivity contribution in [3.05, 3.63) is 34.3 Å². The van der Waals surface area contributed by atoms with E-state index in [2.05, 4.69) is 45.5 Å². The van der Waals surface area contributed by atoms with Gasteiger partial charge in [-0.2, -0.15) is 0 Å². The molecule has 2 saturated carbocycles. The van der Waals surface area contributed by atoms with Gasteiger partial charge < -0.3 is 19.7 Å². The summed E-state index contributed by atoms with van der Waals surface area (Å²) in [5.74, 6) is 0.341. The van der Waals surface area contributed by atoms with Crippen molar-refractivity contribution in [2.45, 2.75) is 109 Å². The minimum absolute atomic E-state index is 0.0723. The number of carbonyl (C=O) groups excluding carboxylic acids is 2. The van der Waals surface area contributed by atoms with Gasteiger partial charge in [0.05, 0.1) is 0 Å². The lowest BCUT2D eigenvalue weighted by Crippen LogP contribution is -2.49. The lowest BCUT2D eigenvalue weighted by atomic mass is 9.90. The number of nitrogens with one attached hydrogen (secondary N) is 1. The predicted molar refractivity (Wildman–Crippen MR) is 129 cm³/mol. The van der Waals surface area contributed by atoms with Crippen LogP contribution < -0.4 is 5.32 Å². The van der Waals surface area contributed by atoms with E-state index in [-0.39, 0.29) is 30.3 Å². The number of nitrogens with zero attached hydrogens (tertiary/aromatic N) is 1. The molecule has 3 rings (SSSR count). The average Bonchev–Trinajstić information content (AvgIpc) is 3.41. The molecule has 0 aromatic heterocycles. The number of rotatable bonds is 4. The van der Waals surface area contributed by atoms with E-state index in [1.54, 1.807) is 0 Å². The van der Waals surface area contributed by atoms with Gasteiger partial charge in [-0.3, -0.25) is 0 Å². The zero-order valence-corrected chi connectivity index (χ0v) is 21.7. The van der Waals surface area contributed by atoms with Gasteiger partial charge in [-0.25, -0.2) is 9.59 Å². The van der Waals surface area contributed by atoms with Crippen LogP contribution in [0.1, 0.15) is 85.1 Å². The van der Waals surface area contributed by atoms with Crippen LogP contribution in [0, 0.1) is 0 Å². The Bertz CT molecular complexity index is 805. The molecule has 178 valence electrons. The fourth-order valence-corrected chi connectivity index (χ4v) is 4.66. The van der Waals surface area contributed by atoms with E-state index in [0.29, 0.717) is 5.92 Å². The van der Waals surface area contributed by atoms with Crippen molar-refractivity contribution in [1.29, 1.82) is 0 Å². The highest BCUT2D eigenvalue weighted by molar-refractivity contribution is 9.10. The first-order chi connectivity index (χ1) is 14.8. The second-order valence-electron chi connectivity index (χ2n) is 11.0. The molecule has 1 aromatic rings. The zero-order valence-electron chi connectivity index (χ0n) is 20.1. The van der Waals surface area contributed by atoms with Crippen LogP contribution in [0.25, 0.3) is 0 Å². The molecule has 7 heteroatoms. The maximum atomic E-state index is 13.2. The van der Waals surface area contributed by atoms with Crippen molar-refractivity contribution in [2.75, 3.05) is 0 Å². The lowest BCUT2D eigenvalue weighted by Gasteiger charge is -2.38. The third-order valence-electron chi connectivity index (χ3n) is 5.83. The quantitative estimate of drug-likeness (QED) is 0.512. The van der Waals surface area contributed by atoms with E-state index in [9.17, 15) is 9.59 Å². The second-order valence-corrected chi connectivity index (χ2v) is 11.9. The summed E-state index contributed by atoms with van der Waals surface area (Å²) < 4.78 is 12.2. The number of amides is 2. The van der Waals surface area contributed by atoms with Gasteiger partial charge in [0, 0.05) is 28.5 Å². The first kappa shape index (κ1) is 24.9. The predicted octanol–water partition coefficient (Wildman–Crippen LogP) is 6.38. The van der Waals surface area contributed by atoms with Crippen LogP contribution in [-0.4, -0.2) is 46.4 Å². The van der Waals surface area contributed by atoms with Crippen LogP contribution in [0.4, 0.5) is 9.59 Å². The van der Waals surface area contributed by atoms with Crippen molar-refractivity contribution in [1.82, 2.24) is 10.2 Å². The molecule has 0 aliphatic heterocycles. The third-order valence-corrected chi connectivity index (χ3v) is 6.36. The molecule has 2 amide bonds. The Labute approximate surface area is 200 Å². The maximum Gasteiger partial charge on any atom is 0.410 e. The molecule has 2 aliphatic carbocycles.